The van der Waals surface area contributed by atoms with Crippen molar-refractivity contribution in [3.05, 3.63) is 51.3 Å². The van der Waals surface area contributed by atoms with E-state index in [1.165, 1.54) is 24.2 Å². The first-order valence-electron chi connectivity index (χ1n) is 6.10. The fourth-order valence-corrected chi connectivity index (χ4v) is 2.29. The predicted molar refractivity (Wildman–Crippen MR) is 81.8 cm³/mol. The average Bonchev–Trinajstić information content (AvgIpc) is 2.93. The smallest absolute Gasteiger partial charge is 0.345 e. The van der Waals surface area contributed by atoms with Crippen LogP contribution in [0.4, 0.5) is 0 Å². The Hall–Kier alpha value is -2.38. The Labute approximate surface area is 134 Å². The summed E-state index contributed by atoms with van der Waals surface area (Å²) < 4.78 is 6.71. The van der Waals surface area contributed by atoms with Gasteiger partial charge in [0.1, 0.15) is 5.69 Å². The second-order valence-corrected chi connectivity index (χ2v) is 5.09. The summed E-state index contributed by atoms with van der Waals surface area (Å²) in [7, 11) is 1.48. The largest absolute Gasteiger partial charge is 0.493 e. The highest BCUT2D eigenvalue weighted by Crippen LogP contribution is 2.33. The van der Waals surface area contributed by atoms with Crippen molar-refractivity contribution < 1.29 is 4.74 Å². The van der Waals surface area contributed by atoms with Crippen LogP contribution < -0.4 is 10.4 Å². The van der Waals surface area contributed by atoms with Gasteiger partial charge in [-0.05, 0) is 18.2 Å². The van der Waals surface area contributed by atoms with E-state index in [4.69, 9.17) is 27.9 Å². The lowest BCUT2D eigenvalue weighted by Crippen LogP contribution is -2.12. The van der Waals surface area contributed by atoms with E-state index in [2.05, 4.69) is 20.3 Å². The number of hydrogen-bond acceptors (Lipinski definition) is 5. The third kappa shape index (κ3) is 2.68. The number of aromatic nitrogens is 5. The van der Waals surface area contributed by atoms with E-state index in [1.807, 2.05) is 0 Å². The maximum absolute atomic E-state index is 11.6. The normalized spacial score (nSPS) is 10.7. The molecule has 0 fully saturated rings. The molecule has 0 amide bonds. The molecule has 112 valence electrons. The molecule has 3 aromatic rings. The zero-order chi connectivity index (χ0) is 15.7. The van der Waals surface area contributed by atoms with Gasteiger partial charge in [-0.2, -0.15) is 4.98 Å². The standard InChI is InChI=1S/C13H9Cl2N5O2/c1-22-10-5-16-13(21)17-12(10)8-4-7(14)2-3-9(8)20-6-11(15)18-19-20/h2-6H,1H3,(H,16,17,21). The lowest BCUT2D eigenvalue weighted by Gasteiger charge is -2.11. The van der Waals surface area contributed by atoms with Gasteiger partial charge in [-0.25, -0.2) is 9.48 Å². The summed E-state index contributed by atoms with van der Waals surface area (Å²) in [4.78, 5) is 18.0. The van der Waals surface area contributed by atoms with Gasteiger partial charge in [0.15, 0.2) is 10.9 Å². The molecule has 7 nitrogen and oxygen atoms in total. The zero-order valence-corrected chi connectivity index (χ0v) is 12.8. The van der Waals surface area contributed by atoms with Gasteiger partial charge >= 0.3 is 5.69 Å². The van der Waals surface area contributed by atoms with E-state index in [-0.39, 0.29) is 5.15 Å². The van der Waals surface area contributed by atoms with Crippen LogP contribution in [0, 0.1) is 0 Å². The van der Waals surface area contributed by atoms with Crippen LogP contribution >= 0.6 is 23.2 Å². The molecule has 0 saturated heterocycles. The number of rotatable bonds is 3. The number of aromatic amines is 1. The predicted octanol–water partition coefficient (Wildman–Crippen LogP) is 2.33. The highest BCUT2D eigenvalue weighted by molar-refractivity contribution is 6.31. The van der Waals surface area contributed by atoms with Crippen LogP contribution in [-0.4, -0.2) is 32.1 Å². The van der Waals surface area contributed by atoms with Gasteiger partial charge in [-0.3, -0.25) is 0 Å². The minimum absolute atomic E-state index is 0.242. The fourth-order valence-electron chi connectivity index (χ4n) is 1.99. The zero-order valence-electron chi connectivity index (χ0n) is 11.2. The van der Waals surface area contributed by atoms with Gasteiger partial charge < -0.3 is 9.72 Å². The number of halogens is 2. The lowest BCUT2D eigenvalue weighted by atomic mass is 10.1. The number of hydrogen-bond donors (Lipinski definition) is 1. The van der Waals surface area contributed by atoms with E-state index in [0.29, 0.717) is 27.7 Å². The van der Waals surface area contributed by atoms with Crippen molar-refractivity contribution in [2.75, 3.05) is 7.11 Å². The maximum Gasteiger partial charge on any atom is 0.345 e. The maximum atomic E-state index is 11.6. The summed E-state index contributed by atoms with van der Waals surface area (Å²) >= 11 is 11.9. The highest BCUT2D eigenvalue weighted by atomic mass is 35.5. The van der Waals surface area contributed by atoms with E-state index in [0.717, 1.165) is 0 Å². The summed E-state index contributed by atoms with van der Waals surface area (Å²) in [6, 6.07) is 5.08. The Kier molecular flexibility index (Phi) is 3.82. The van der Waals surface area contributed by atoms with Crippen LogP contribution in [-0.2, 0) is 0 Å². The number of H-pyrrole nitrogens is 1. The number of nitrogens with zero attached hydrogens (tertiary/aromatic N) is 4. The van der Waals surface area contributed by atoms with Crippen molar-refractivity contribution in [3.8, 4) is 22.7 Å². The fraction of sp³-hybridized carbons (Fsp3) is 0.0769. The Bertz CT molecular complexity index is 890. The quantitative estimate of drug-likeness (QED) is 0.792. The van der Waals surface area contributed by atoms with Crippen LogP contribution in [0.5, 0.6) is 5.75 Å². The molecular weight excluding hydrogens is 329 g/mol. The summed E-state index contributed by atoms with van der Waals surface area (Å²) in [6.07, 6.45) is 2.97. The van der Waals surface area contributed by atoms with Crippen molar-refractivity contribution >= 4 is 23.2 Å². The molecule has 0 bridgehead atoms. The van der Waals surface area contributed by atoms with Crippen molar-refractivity contribution in [1.29, 1.82) is 0 Å². The molecule has 2 aromatic heterocycles. The van der Waals surface area contributed by atoms with Crippen LogP contribution in [0.3, 0.4) is 0 Å². The summed E-state index contributed by atoms with van der Waals surface area (Å²) in [6.45, 7) is 0. The first kappa shape index (κ1) is 14.6. The topological polar surface area (TPSA) is 85.7 Å². The second kappa shape index (κ2) is 5.78. The van der Waals surface area contributed by atoms with Gasteiger partial charge in [0.2, 0.25) is 0 Å². The minimum Gasteiger partial charge on any atom is -0.493 e. The number of nitrogens with one attached hydrogen (secondary N) is 1. The molecule has 0 radical (unpaired) electrons. The molecule has 2 heterocycles. The SMILES string of the molecule is COc1c[nH]c(=O)nc1-c1cc(Cl)ccc1-n1cc(Cl)nn1. The molecule has 0 unspecified atom stereocenters. The first-order chi connectivity index (χ1) is 10.6. The van der Waals surface area contributed by atoms with Crippen LogP contribution in [0.1, 0.15) is 0 Å². The van der Waals surface area contributed by atoms with E-state index < -0.39 is 5.69 Å². The Morgan fingerprint density at radius 3 is 2.82 bits per heavy atom. The molecule has 0 atom stereocenters. The summed E-state index contributed by atoms with van der Waals surface area (Å²) in [5, 5.41) is 8.38. The highest BCUT2D eigenvalue weighted by Gasteiger charge is 2.16. The Morgan fingerprint density at radius 1 is 1.32 bits per heavy atom. The molecule has 3 rings (SSSR count). The van der Waals surface area contributed by atoms with E-state index >= 15 is 0 Å². The number of ether oxygens (including phenoxy) is 1. The van der Waals surface area contributed by atoms with Crippen LogP contribution in [0.2, 0.25) is 10.2 Å². The van der Waals surface area contributed by atoms with Crippen molar-refractivity contribution in [1.82, 2.24) is 25.0 Å². The number of methoxy groups -OCH3 is 1. The van der Waals surface area contributed by atoms with Crippen molar-refractivity contribution in [2.45, 2.75) is 0 Å². The molecule has 0 spiro atoms. The van der Waals surface area contributed by atoms with Crippen molar-refractivity contribution in [3.63, 3.8) is 0 Å². The van der Waals surface area contributed by atoms with E-state index in [9.17, 15) is 4.79 Å². The molecule has 22 heavy (non-hydrogen) atoms. The molecule has 0 saturated carbocycles. The van der Waals surface area contributed by atoms with E-state index in [1.54, 1.807) is 18.2 Å². The molecule has 1 N–H and O–H groups in total. The minimum atomic E-state index is -0.502. The van der Waals surface area contributed by atoms with Crippen molar-refractivity contribution in [2.24, 2.45) is 0 Å². The molecule has 0 aliphatic rings. The van der Waals surface area contributed by atoms with Crippen LogP contribution in [0.15, 0.2) is 35.4 Å². The molecule has 9 heteroatoms. The average molecular weight is 338 g/mol. The van der Waals surface area contributed by atoms with Crippen LogP contribution in [0.25, 0.3) is 16.9 Å². The lowest BCUT2D eigenvalue weighted by molar-refractivity contribution is 0.412. The Balaban J connectivity index is 2.29. The monoisotopic (exact) mass is 337 g/mol. The van der Waals surface area contributed by atoms with Gasteiger partial charge in [0, 0.05) is 10.6 Å². The summed E-state index contributed by atoms with van der Waals surface area (Å²) in [5.41, 5.74) is 1.02. The third-order valence-electron chi connectivity index (χ3n) is 2.92. The third-order valence-corrected chi connectivity index (χ3v) is 3.33. The van der Waals surface area contributed by atoms with Gasteiger partial charge in [-0.1, -0.05) is 28.4 Å². The second-order valence-electron chi connectivity index (χ2n) is 4.27. The Morgan fingerprint density at radius 2 is 2.14 bits per heavy atom. The number of benzene rings is 1. The molecular formula is C13H9Cl2N5O2. The first-order valence-corrected chi connectivity index (χ1v) is 6.86. The summed E-state index contributed by atoms with van der Waals surface area (Å²) in [5.74, 6) is 0.398. The van der Waals surface area contributed by atoms with Gasteiger partial charge in [0.05, 0.1) is 25.2 Å². The molecule has 0 aliphatic heterocycles. The molecule has 1 aromatic carbocycles. The molecule has 0 aliphatic carbocycles. The van der Waals surface area contributed by atoms with Gasteiger partial charge in [-0.15, -0.1) is 5.10 Å². The van der Waals surface area contributed by atoms with Gasteiger partial charge in [0.25, 0.3) is 0 Å².